The van der Waals surface area contributed by atoms with Crippen LogP contribution < -0.4 is 0 Å². The molecule has 3 aromatic rings. The van der Waals surface area contributed by atoms with Crippen LogP contribution in [0.15, 0.2) is 41.0 Å². The van der Waals surface area contributed by atoms with Crippen molar-refractivity contribution in [2.24, 2.45) is 5.92 Å². The molecule has 1 N–H and O–H groups in total. The van der Waals surface area contributed by atoms with Crippen LogP contribution in [0.2, 0.25) is 0 Å². The Morgan fingerprint density at radius 3 is 3.07 bits per heavy atom. The average molecular weight is 381 g/mol. The molecule has 0 aliphatic carbocycles. The molecule has 0 bridgehead atoms. The zero-order valence-corrected chi connectivity index (χ0v) is 15.8. The number of fused-ring (bicyclic) bond motifs is 3. The van der Waals surface area contributed by atoms with Crippen LogP contribution in [0.1, 0.15) is 29.9 Å². The smallest absolute Gasteiger partial charge is 0.227 e. The first kappa shape index (κ1) is 17.5. The third-order valence-electron chi connectivity index (χ3n) is 6.06. The third kappa shape index (κ3) is 3.22. The number of nitrogens with one attached hydrogen (secondary N) is 1. The lowest BCUT2D eigenvalue weighted by Crippen LogP contribution is -2.46. The molecule has 1 saturated heterocycles. The number of likely N-dealkylation sites (tertiary alicyclic amines) is 1. The first-order valence-electron chi connectivity index (χ1n) is 10.00. The Labute approximate surface area is 163 Å². The molecule has 2 aromatic heterocycles. The van der Waals surface area contributed by atoms with Gasteiger partial charge in [0.15, 0.2) is 0 Å². The number of benzene rings is 1. The average Bonchev–Trinajstić information content (AvgIpc) is 3.34. The summed E-state index contributed by atoms with van der Waals surface area (Å²) in [6.45, 7) is 3.80. The second kappa shape index (κ2) is 7.09. The predicted molar refractivity (Wildman–Crippen MR) is 104 cm³/mol. The molecule has 2 aliphatic rings. The lowest BCUT2D eigenvalue weighted by molar-refractivity contribution is -0.138. The molecule has 0 saturated carbocycles. The minimum atomic E-state index is -0.237. The summed E-state index contributed by atoms with van der Waals surface area (Å²) in [6.07, 6.45) is 4.44. The predicted octanol–water partition coefficient (Wildman–Crippen LogP) is 3.70. The van der Waals surface area contributed by atoms with Crippen molar-refractivity contribution in [2.45, 2.75) is 32.4 Å². The fraction of sp³-hybridized carbons (Fsp3) is 0.409. The number of nitrogens with zero attached hydrogens (tertiary/aromatic N) is 2. The molecule has 1 atom stereocenters. The first-order valence-corrected chi connectivity index (χ1v) is 10.00. The summed E-state index contributed by atoms with van der Waals surface area (Å²) in [5.41, 5.74) is 3.15. The molecule has 6 heteroatoms. The van der Waals surface area contributed by atoms with Crippen molar-refractivity contribution >= 4 is 16.8 Å². The zero-order valence-electron chi connectivity index (χ0n) is 15.8. The van der Waals surface area contributed by atoms with E-state index in [9.17, 15) is 9.18 Å². The van der Waals surface area contributed by atoms with Crippen molar-refractivity contribution < 1.29 is 13.6 Å². The van der Waals surface area contributed by atoms with Gasteiger partial charge in [-0.15, -0.1) is 0 Å². The number of hydrogen-bond acceptors (Lipinski definition) is 3. The van der Waals surface area contributed by atoms with Crippen LogP contribution in [-0.4, -0.2) is 40.3 Å². The molecule has 5 rings (SSSR count). The summed E-state index contributed by atoms with van der Waals surface area (Å²) in [7, 11) is 0. The fourth-order valence-electron chi connectivity index (χ4n) is 4.66. The summed E-state index contributed by atoms with van der Waals surface area (Å²) in [6, 6.07) is 8.71. The van der Waals surface area contributed by atoms with Gasteiger partial charge in [0.05, 0.1) is 18.7 Å². The summed E-state index contributed by atoms with van der Waals surface area (Å²) >= 11 is 0. The Morgan fingerprint density at radius 1 is 1.29 bits per heavy atom. The monoisotopic (exact) mass is 381 g/mol. The van der Waals surface area contributed by atoms with Gasteiger partial charge in [-0.25, -0.2) is 4.39 Å². The quantitative estimate of drug-likeness (QED) is 0.753. The number of hydrogen-bond donors (Lipinski definition) is 1. The molecule has 28 heavy (non-hydrogen) atoms. The Balaban J connectivity index is 1.31. The van der Waals surface area contributed by atoms with Gasteiger partial charge < -0.3 is 14.3 Å². The Kier molecular flexibility index (Phi) is 4.43. The zero-order chi connectivity index (χ0) is 19.1. The van der Waals surface area contributed by atoms with E-state index in [1.165, 1.54) is 6.07 Å². The van der Waals surface area contributed by atoms with E-state index < -0.39 is 0 Å². The number of furan rings is 1. The van der Waals surface area contributed by atoms with Crippen molar-refractivity contribution in [3.63, 3.8) is 0 Å². The number of aromatic nitrogens is 1. The van der Waals surface area contributed by atoms with Crippen LogP contribution in [0.5, 0.6) is 0 Å². The number of rotatable bonds is 3. The van der Waals surface area contributed by atoms with Crippen molar-refractivity contribution in [1.82, 2.24) is 14.8 Å². The van der Waals surface area contributed by atoms with E-state index in [0.717, 1.165) is 73.4 Å². The number of piperidine rings is 1. The highest BCUT2D eigenvalue weighted by atomic mass is 19.1. The Bertz CT molecular complexity index is 995. The van der Waals surface area contributed by atoms with E-state index in [0.29, 0.717) is 6.54 Å². The number of halogens is 1. The van der Waals surface area contributed by atoms with Gasteiger partial charge in [0.2, 0.25) is 5.91 Å². The van der Waals surface area contributed by atoms with Gasteiger partial charge in [-0.05, 0) is 49.7 Å². The highest BCUT2D eigenvalue weighted by Gasteiger charge is 2.32. The maximum absolute atomic E-state index is 13.7. The molecule has 0 unspecified atom stereocenters. The van der Waals surface area contributed by atoms with E-state index in [-0.39, 0.29) is 17.6 Å². The molecule has 5 nitrogen and oxygen atoms in total. The standard InChI is InChI=1S/C22H24FN3O2/c23-16-5-6-20-18(11-16)19-14-26(9-7-21(19)24-20)22(27)15-3-1-8-25(12-15)13-17-4-2-10-28-17/h2,4-6,10-11,15,24H,1,3,7-9,12-14H2/t15-/m0/s1. The van der Waals surface area contributed by atoms with Crippen LogP contribution in [0.25, 0.3) is 10.9 Å². The number of amides is 1. The number of aromatic amines is 1. The summed E-state index contributed by atoms with van der Waals surface area (Å²) in [5.74, 6) is 0.947. The lowest BCUT2D eigenvalue weighted by Gasteiger charge is -2.36. The van der Waals surface area contributed by atoms with Crippen molar-refractivity contribution in [3.8, 4) is 0 Å². The second-order valence-corrected chi connectivity index (χ2v) is 7.94. The lowest BCUT2D eigenvalue weighted by atomic mass is 9.95. The van der Waals surface area contributed by atoms with Gasteiger partial charge in [0, 0.05) is 48.2 Å². The number of H-pyrrole nitrogens is 1. The van der Waals surface area contributed by atoms with Crippen molar-refractivity contribution in [2.75, 3.05) is 19.6 Å². The van der Waals surface area contributed by atoms with Crippen LogP contribution in [0.4, 0.5) is 4.39 Å². The second-order valence-electron chi connectivity index (χ2n) is 7.94. The minimum Gasteiger partial charge on any atom is -0.468 e. The SMILES string of the molecule is O=C([C@H]1CCCN(Cc2ccco2)C1)N1CCc2[nH]c3ccc(F)cc3c2C1. The number of carbonyl (C=O) groups is 1. The van der Waals surface area contributed by atoms with Gasteiger partial charge in [-0.1, -0.05) is 0 Å². The van der Waals surface area contributed by atoms with Crippen LogP contribution in [0.3, 0.4) is 0 Å². The van der Waals surface area contributed by atoms with Gasteiger partial charge in [-0.2, -0.15) is 0 Å². The van der Waals surface area contributed by atoms with Crippen molar-refractivity contribution in [3.05, 3.63) is 59.4 Å². The molecule has 1 amide bonds. The molecule has 0 radical (unpaired) electrons. The number of carbonyl (C=O) groups excluding carboxylic acids is 1. The molecule has 1 fully saturated rings. The van der Waals surface area contributed by atoms with E-state index in [4.69, 9.17) is 4.42 Å². The molecule has 0 spiro atoms. The third-order valence-corrected chi connectivity index (χ3v) is 6.06. The van der Waals surface area contributed by atoms with E-state index in [2.05, 4.69) is 9.88 Å². The molecule has 4 heterocycles. The maximum Gasteiger partial charge on any atom is 0.227 e. The van der Waals surface area contributed by atoms with Crippen LogP contribution in [0, 0.1) is 11.7 Å². The summed E-state index contributed by atoms with van der Waals surface area (Å²) in [5, 5.41) is 0.899. The Hall–Kier alpha value is -2.60. The maximum atomic E-state index is 13.7. The van der Waals surface area contributed by atoms with Gasteiger partial charge in [0.1, 0.15) is 11.6 Å². The first-order chi connectivity index (χ1) is 13.7. The molecule has 2 aliphatic heterocycles. The molecular weight excluding hydrogens is 357 g/mol. The summed E-state index contributed by atoms with van der Waals surface area (Å²) in [4.78, 5) is 20.9. The van der Waals surface area contributed by atoms with E-state index in [1.807, 2.05) is 17.0 Å². The topological polar surface area (TPSA) is 52.5 Å². The van der Waals surface area contributed by atoms with Crippen molar-refractivity contribution in [1.29, 1.82) is 0 Å². The highest BCUT2D eigenvalue weighted by molar-refractivity contribution is 5.86. The normalized spacial score (nSPS) is 20.5. The van der Waals surface area contributed by atoms with E-state index in [1.54, 1.807) is 18.4 Å². The molecule has 146 valence electrons. The molecular formula is C22H24FN3O2. The van der Waals surface area contributed by atoms with Gasteiger partial charge in [-0.3, -0.25) is 9.69 Å². The summed E-state index contributed by atoms with van der Waals surface area (Å²) < 4.78 is 19.2. The van der Waals surface area contributed by atoms with E-state index >= 15 is 0 Å². The fourth-order valence-corrected chi connectivity index (χ4v) is 4.66. The van der Waals surface area contributed by atoms with Gasteiger partial charge >= 0.3 is 0 Å². The Morgan fingerprint density at radius 2 is 2.21 bits per heavy atom. The van der Waals surface area contributed by atoms with Gasteiger partial charge in [0.25, 0.3) is 0 Å². The minimum absolute atomic E-state index is 0.0206. The van der Waals surface area contributed by atoms with Crippen LogP contribution >= 0.6 is 0 Å². The highest BCUT2D eigenvalue weighted by Crippen LogP contribution is 2.30. The largest absolute Gasteiger partial charge is 0.468 e. The van der Waals surface area contributed by atoms with Crippen LogP contribution in [-0.2, 0) is 24.3 Å². The molecule has 1 aromatic carbocycles.